The van der Waals surface area contributed by atoms with Crippen LogP contribution < -0.4 is 16.0 Å². The quantitative estimate of drug-likeness (QED) is 0.302. The van der Waals surface area contributed by atoms with Crippen molar-refractivity contribution >= 4 is 47.4 Å². The van der Waals surface area contributed by atoms with E-state index in [0.717, 1.165) is 37.2 Å². The molecule has 2 heterocycles. The monoisotopic (exact) mass is 527 g/mol. The second-order valence-corrected chi connectivity index (χ2v) is 7.86. The summed E-state index contributed by atoms with van der Waals surface area (Å²) in [4.78, 5) is 31.2. The first kappa shape index (κ1) is 24.4. The number of nitrogens with zero attached hydrogens (tertiary/aromatic N) is 2. The van der Waals surface area contributed by atoms with Crippen LogP contribution in [0.1, 0.15) is 57.4 Å². The molecule has 0 radical (unpaired) electrons. The van der Waals surface area contributed by atoms with Crippen LogP contribution in [0.15, 0.2) is 29.3 Å². The molecule has 0 spiro atoms. The molecule has 0 aromatic heterocycles. The molecule has 0 aliphatic carbocycles. The number of fused-ring (bicyclic) bond motifs is 1. The second-order valence-electron chi connectivity index (χ2n) is 7.86. The third-order valence-electron chi connectivity index (χ3n) is 5.68. The van der Waals surface area contributed by atoms with E-state index in [2.05, 4.69) is 27.9 Å². The topological polar surface area (TPSA) is 85.8 Å². The van der Waals surface area contributed by atoms with E-state index in [-0.39, 0.29) is 41.7 Å². The van der Waals surface area contributed by atoms with Gasteiger partial charge in [-0.3, -0.25) is 14.6 Å². The van der Waals surface area contributed by atoms with Gasteiger partial charge in [-0.15, -0.1) is 24.0 Å². The fourth-order valence-corrected chi connectivity index (χ4v) is 4.11. The van der Waals surface area contributed by atoms with Gasteiger partial charge in [-0.1, -0.05) is 18.2 Å². The average molecular weight is 527 g/mol. The highest BCUT2D eigenvalue weighted by Crippen LogP contribution is 2.31. The summed E-state index contributed by atoms with van der Waals surface area (Å²) in [6, 6.07) is 8.24. The molecule has 166 valence electrons. The SMILES string of the molecule is CCNC(=NCC1CC(=O)Nc2ccccc21)NCCC(=O)N1CCCCC1C.I. The Balaban J connectivity index is 0.00000320. The molecule has 30 heavy (non-hydrogen) atoms. The summed E-state index contributed by atoms with van der Waals surface area (Å²) in [6.45, 7) is 6.84. The van der Waals surface area contributed by atoms with Crippen LogP contribution in [-0.2, 0) is 9.59 Å². The molecule has 7 nitrogen and oxygen atoms in total. The van der Waals surface area contributed by atoms with Gasteiger partial charge in [0.25, 0.3) is 0 Å². The Hall–Kier alpha value is -1.84. The number of hydrogen-bond acceptors (Lipinski definition) is 3. The van der Waals surface area contributed by atoms with E-state index < -0.39 is 0 Å². The third kappa shape index (κ3) is 6.58. The van der Waals surface area contributed by atoms with Crippen LogP contribution in [0.2, 0.25) is 0 Å². The number of benzene rings is 1. The number of para-hydroxylation sites is 1. The van der Waals surface area contributed by atoms with Gasteiger partial charge >= 0.3 is 0 Å². The Morgan fingerprint density at radius 1 is 1.27 bits per heavy atom. The van der Waals surface area contributed by atoms with E-state index in [0.29, 0.717) is 37.9 Å². The van der Waals surface area contributed by atoms with Gasteiger partial charge in [0.05, 0.1) is 6.54 Å². The van der Waals surface area contributed by atoms with Crippen molar-refractivity contribution in [1.29, 1.82) is 0 Å². The zero-order valence-electron chi connectivity index (χ0n) is 17.9. The van der Waals surface area contributed by atoms with Crippen LogP contribution in [0.4, 0.5) is 5.69 Å². The minimum Gasteiger partial charge on any atom is -0.357 e. The van der Waals surface area contributed by atoms with Crippen molar-refractivity contribution in [2.45, 2.75) is 57.9 Å². The van der Waals surface area contributed by atoms with Crippen molar-refractivity contribution in [1.82, 2.24) is 15.5 Å². The minimum absolute atomic E-state index is 0. The maximum absolute atomic E-state index is 12.5. The molecule has 3 N–H and O–H groups in total. The number of likely N-dealkylation sites (tertiary alicyclic amines) is 1. The van der Waals surface area contributed by atoms with Crippen LogP contribution in [0.25, 0.3) is 0 Å². The van der Waals surface area contributed by atoms with Crippen molar-refractivity contribution in [2.75, 3.05) is 31.5 Å². The summed E-state index contributed by atoms with van der Waals surface area (Å²) < 4.78 is 0. The Labute approximate surface area is 196 Å². The van der Waals surface area contributed by atoms with Gasteiger partial charge in [0.2, 0.25) is 11.8 Å². The highest BCUT2D eigenvalue weighted by molar-refractivity contribution is 14.0. The summed E-state index contributed by atoms with van der Waals surface area (Å²) in [7, 11) is 0. The normalized spacial score (nSPS) is 21.2. The molecule has 1 fully saturated rings. The molecule has 2 aliphatic heterocycles. The van der Waals surface area contributed by atoms with E-state index in [1.165, 1.54) is 6.42 Å². The van der Waals surface area contributed by atoms with Gasteiger partial charge in [-0.05, 0) is 44.7 Å². The molecule has 2 aliphatic rings. The molecule has 0 bridgehead atoms. The zero-order chi connectivity index (χ0) is 20.6. The van der Waals surface area contributed by atoms with Gasteiger partial charge in [-0.25, -0.2) is 0 Å². The number of piperidine rings is 1. The van der Waals surface area contributed by atoms with E-state index in [9.17, 15) is 9.59 Å². The molecule has 3 rings (SSSR count). The number of anilines is 1. The molecule has 0 saturated carbocycles. The average Bonchev–Trinajstić information content (AvgIpc) is 2.71. The van der Waals surface area contributed by atoms with Gasteiger partial charge < -0.3 is 20.9 Å². The number of aliphatic imine (C=N–C) groups is 1. The van der Waals surface area contributed by atoms with Crippen molar-refractivity contribution < 1.29 is 9.59 Å². The molecular formula is C22H34IN5O2. The van der Waals surface area contributed by atoms with Crippen LogP contribution in [0, 0.1) is 0 Å². The Bertz CT molecular complexity index is 755. The van der Waals surface area contributed by atoms with E-state index in [4.69, 9.17) is 0 Å². The second kappa shape index (κ2) is 12.1. The van der Waals surface area contributed by atoms with Crippen molar-refractivity contribution in [3.8, 4) is 0 Å². The number of rotatable bonds is 6. The van der Waals surface area contributed by atoms with Crippen molar-refractivity contribution in [3.05, 3.63) is 29.8 Å². The number of nitrogens with one attached hydrogen (secondary N) is 3. The predicted molar refractivity (Wildman–Crippen MR) is 131 cm³/mol. The number of hydrogen-bond donors (Lipinski definition) is 3. The van der Waals surface area contributed by atoms with Gasteiger partial charge in [0.1, 0.15) is 0 Å². The zero-order valence-corrected chi connectivity index (χ0v) is 20.3. The fraction of sp³-hybridized carbons (Fsp3) is 0.591. The molecule has 1 saturated heterocycles. The third-order valence-corrected chi connectivity index (χ3v) is 5.68. The highest BCUT2D eigenvalue weighted by atomic mass is 127. The Morgan fingerprint density at radius 3 is 2.83 bits per heavy atom. The first-order valence-electron chi connectivity index (χ1n) is 10.8. The van der Waals surface area contributed by atoms with Crippen molar-refractivity contribution in [2.24, 2.45) is 4.99 Å². The lowest BCUT2D eigenvalue weighted by Gasteiger charge is -2.33. The number of carbonyl (C=O) groups excluding carboxylic acids is 2. The smallest absolute Gasteiger partial charge is 0.225 e. The molecule has 1 aromatic rings. The van der Waals surface area contributed by atoms with Crippen LogP contribution in [-0.4, -0.2) is 54.9 Å². The fourth-order valence-electron chi connectivity index (χ4n) is 4.11. The first-order chi connectivity index (χ1) is 14.1. The summed E-state index contributed by atoms with van der Waals surface area (Å²) in [5.74, 6) is 0.989. The summed E-state index contributed by atoms with van der Waals surface area (Å²) in [6.07, 6.45) is 4.31. The Morgan fingerprint density at radius 2 is 2.07 bits per heavy atom. The minimum atomic E-state index is 0. The van der Waals surface area contributed by atoms with Crippen LogP contribution in [0.5, 0.6) is 0 Å². The van der Waals surface area contributed by atoms with E-state index in [1.807, 2.05) is 36.1 Å². The van der Waals surface area contributed by atoms with Gasteiger partial charge in [0.15, 0.2) is 5.96 Å². The maximum atomic E-state index is 12.5. The van der Waals surface area contributed by atoms with Crippen LogP contribution in [0.3, 0.4) is 0 Å². The summed E-state index contributed by atoms with van der Waals surface area (Å²) in [5.41, 5.74) is 2.00. The number of carbonyl (C=O) groups is 2. The predicted octanol–water partition coefficient (Wildman–Crippen LogP) is 3.08. The molecule has 8 heteroatoms. The maximum Gasteiger partial charge on any atom is 0.225 e. The molecule has 2 amide bonds. The van der Waals surface area contributed by atoms with Crippen LogP contribution >= 0.6 is 24.0 Å². The molecule has 1 aromatic carbocycles. The molecular weight excluding hydrogens is 493 g/mol. The Kier molecular flexibility index (Phi) is 9.87. The molecule has 2 atom stereocenters. The summed E-state index contributed by atoms with van der Waals surface area (Å²) >= 11 is 0. The summed E-state index contributed by atoms with van der Waals surface area (Å²) in [5, 5.41) is 9.43. The van der Waals surface area contributed by atoms with Crippen molar-refractivity contribution in [3.63, 3.8) is 0 Å². The standard InChI is InChI=1S/C22H33N5O2.HI/c1-3-23-22(24-12-11-21(29)27-13-7-6-8-16(27)2)25-15-17-14-20(28)26-19-10-5-4-9-18(17)19;/h4-5,9-10,16-17H,3,6-8,11-15H2,1-2H3,(H,26,28)(H2,23,24,25);1H. The van der Waals surface area contributed by atoms with Gasteiger partial charge in [0, 0.05) is 50.1 Å². The first-order valence-corrected chi connectivity index (χ1v) is 10.8. The number of halogens is 1. The lowest BCUT2D eigenvalue weighted by Crippen LogP contribution is -2.44. The lowest BCUT2D eigenvalue weighted by molar-refractivity contribution is -0.134. The molecule has 2 unspecified atom stereocenters. The van der Waals surface area contributed by atoms with Gasteiger partial charge in [-0.2, -0.15) is 0 Å². The number of amides is 2. The van der Waals surface area contributed by atoms with E-state index >= 15 is 0 Å². The largest absolute Gasteiger partial charge is 0.357 e. The van der Waals surface area contributed by atoms with E-state index in [1.54, 1.807) is 0 Å². The highest BCUT2D eigenvalue weighted by Gasteiger charge is 2.25. The lowest BCUT2D eigenvalue weighted by atomic mass is 9.91. The number of guanidine groups is 1.